The molecule has 0 bridgehead atoms. The van der Waals surface area contributed by atoms with Crippen LogP contribution in [0, 0.1) is 0 Å². The highest BCUT2D eigenvalue weighted by Crippen LogP contribution is 2.18. The van der Waals surface area contributed by atoms with Gasteiger partial charge < -0.3 is 21.9 Å². The fourth-order valence-corrected chi connectivity index (χ4v) is 2.99. The molecule has 0 aliphatic rings. The minimum Gasteiger partial charge on any atom is -1.00 e. The van der Waals surface area contributed by atoms with Gasteiger partial charge in [0.15, 0.2) is 12.4 Å². The minimum absolute atomic E-state index is 0. The molecule has 0 saturated heterocycles. The molecule has 1 amide bonds. The Labute approximate surface area is 172 Å². The van der Waals surface area contributed by atoms with Gasteiger partial charge in [-0.1, -0.05) is 54.6 Å². The molecule has 0 aliphatic carbocycles. The number of amides is 1. The maximum Gasteiger partial charge on any atom is 0.227 e. The van der Waals surface area contributed by atoms with Gasteiger partial charge in [-0.25, -0.2) is 4.57 Å². The monoisotopic (exact) mass is 424 g/mol. The molecule has 0 N–H and O–H groups in total. The number of aromatic nitrogens is 1. The Morgan fingerprint density at radius 1 is 0.778 bits per heavy atom. The quantitative estimate of drug-likeness (QED) is 0.395. The average molecular weight is 425 g/mol. The predicted octanol–water partition coefficient (Wildman–Crippen LogP) is 1.38. The number of aryl methyl sites for hydroxylation is 1. The van der Waals surface area contributed by atoms with Crippen molar-refractivity contribution in [3.05, 3.63) is 96.8 Å². The zero-order valence-electron chi connectivity index (χ0n) is 15.4. The molecule has 1 aromatic heterocycles. The number of para-hydroxylation sites is 1. The molecular weight excluding hydrogens is 400 g/mol. The molecule has 0 fully saturated rings. The molecule has 0 spiro atoms. The van der Waals surface area contributed by atoms with Crippen LogP contribution >= 0.6 is 0 Å². The van der Waals surface area contributed by atoms with Crippen LogP contribution in [-0.4, -0.2) is 5.91 Å². The van der Waals surface area contributed by atoms with Crippen LogP contribution in [0.25, 0.3) is 0 Å². The third-order valence-corrected chi connectivity index (χ3v) is 4.39. The lowest BCUT2D eigenvalue weighted by molar-refractivity contribution is -0.697. The second kappa shape index (κ2) is 11.3. The van der Waals surface area contributed by atoms with E-state index in [9.17, 15) is 4.79 Å². The van der Waals surface area contributed by atoms with E-state index in [0.29, 0.717) is 13.0 Å². The number of carbonyl (C=O) groups is 1. The van der Waals surface area contributed by atoms with Crippen LogP contribution in [0.5, 0.6) is 0 Å². The van der Waals surface area contributed by atoms with E-state index in [0.717, 1.165) is 30.6 Å². The first kappa shape index (κ1) is 20.8. The Balaban J connectivity index is 0.00000261. The summed E-state index contributed by atoms with van der Waals surface area (Å²) in [5.74, 6) is 0.179. The SMILES string of the molecule is O=C(CCCC[n+]1ccccc1)N(Cc1ccccc1)c1ccccc1.[Br-]. The summed E-state index contributed by atoms with van der Waals surface area (Å²) in [6.07, 6.45) is 6.57. The number of nitrogens with zero attached hydrogens (tertiary/aromatic N) is 2. The van der Waals surface area contributed by atoms with E-state index in [4.69, 9.17) is 0 Å². The van der Waals surface area contributed by atoms with Gasteiger partial charge in [0.1, 0.15) is 6.54 Å². The van der Waals surface area contributed by atoms with Crippen molar-refractivity contribution in [1.82, 2.24) is 0 Å². The van der Waals surface area contributed by atoms with Crippen molar-refractivity contribution >= 4 is 11.6 Å². The Bertz CT molecular complexity index is 794. The lowest BCUT2D eigenvalue weighted by atomic mass is 10.1. The largest absolute Gasteiger partial charge is 1.00 e. The number of benzene rings is 2. The van der Waals surface area contributed by atoms with Crippen LogP contribution in [0.4, 0.5) is 5.69 Å². The van der Waals surface area contributed by atoms with Crippen molar-refractivity contribution in [2.24, 2.45) is 0 Å². The van der Waals surface area contributed by atoms with Gasteiger partial charge in [-0.15, -0.1) is 0 Å². The molecule has 3 nitrogen and oxygen atoms in total. The third-order valence-electron chi connectivity index (χ3n) is 4.39. The number of pyridine rings is 1. The standard InChI is InChI=1S/C23H25N2O.BrH/c26-23(16-8-11-19-24-17-9-3-10-18-24)25(22-14-6-2-7-15-22)20-21-12-4-1-5-13-21;/h1-7,9-10,12-15,17-18H,8,11,16,19-20H2;1H/q+1;/p-1. The van der Waals surface area contributed by atoms with E-state index in [1.807, 2.05) is 71.6 Å². The summed E-state index contributed by atoms with van der Waals surface area (Å²) in [6, 6.07) is 26.2. The summed E-state index contributed by atoms with van der Waals surface area (Å²) in [5.41, 5.74) is 2.10. The fourth-order valence-electron chi connectivity index (χ4n) is 2.99. The maximum absolute atomic E-state index is 12.9. The normalized spacial score (nSPS) is 10.1. The van der Waals surface area contributed by atoms with Gasteiger partial charge in [-0.2, -0.15) is 0 Å². The van der Waals surface area contributed by atoms with Gasteiger partial charge in [0.2, 0.25) is 5.91 Å². The number of carbonyl (C=O) groups excluding carboxylic acids is 1. The molecule has 2 aromatic carbocycles. The average Bonchev–Trinajstić information content (AvgIpc) is 2.71. The summed E-state index contributed by atoms with van der Waals surface area (Å²) in [4.78, 5) is 14.8. The zero-order valence-corrected chi connectivity index (χ0v) is 17.0. The first-order valence-corrected chi connectivity index (χ1v) is 9.16. The fraction of sp³-hybridized carbons (Fsp3) is 0.217. The number of hydrogen-bond donors (Lipinski definition) is 0. The second-order valence-corrected chi connectivity index (χ2v) is 6.37. The van der Waals surface area contributed by atoms with E-state index in [1.165, 1.54) is 0 Å². The highest BCUT2D eigenvalue weighted by atomic mass is 79.9. The highest BCUT2D eigenvalue weighted by Gasteiger charge is 2.16. The lowest BCUT2D eigenvalue weighted by Gasteiger charge is -2.23. The van der Waals surface area contributed by atoms with Crippen molar-refractivity contribution in [2.75, 3.05) is 4.90 Å². The second-order valence-electron chi connectivity index (χ2n) is 6.37. The molecule has 3 rings (SSSR count). The van der Waals surface area contributed by atoms with E-state index in [1.54, 1.807) is 0 Å². The summed E-state index contributed by atoms with van der Waals surface area (Å²) in [6.45, 7) is 1.55. The van der Waals surface area contributed by atoms with Gasteiger partial charge in [0.25, 0.3) is 0 Å². The molecule has 4 heteroatoms. The van der Waals surface area contributed by atoms with Crippen LogP contribution < -0.4 is 26.4 Å². The first-order chi connectivity index (χ1) is 12.8. The number of anilines is 1. The van der Waals surface area contributed by atoms with E-state index >= 15 is 0 Å². The lowest BCUT2D eigenvalue weighted by Crippen LogP contribution is -3.00. The smallest absolute Gasteiger partial charge is 0.227 e. The Hall–Kier alpha value is -2.46. The van der Waals surface area contributed by atoms with Gasteiger partial charge in [0.05, 0.1) is 6.54 Å². The van der Waals surface area contributed by atoms with E-state index in [2.05, 4.69) is 29.1 Å². The maximum atomic E-state index is 12.9. The first-order valence-electron chi connectivity index (χ1n) is 9.16. The van der Waals surface area contributed by atoms with Crippen LogP contribution in [-0.2, 0) is 17.9 Å². The molecule has 0 atom stereocenters. The number of halogens is 1. The Morgan fingerprint density at radius 2 is 1.37 bits per heavy atom. The van der Waals surface area contributed by atoms with Gasteiger partial charge in [0, 0.05) is 30.7 Å². The number of rotatable bonds is 8. The van der Waals surface area contributed by atoms with Crippen molar-refractivity contribution in [3.8, 4) is 0 Å². The number of unbranched alkanes of at least 4 members (excludes halogenated alkanes) is 1. The van der Waals surface area contributed by atoms with Crippen LogP contribution in [0.3, 0.4) is 0 Å². The van der Waals surface area contributed by atoms with Gasteiger partial charge in [-0.3, -0.25) is 4.79 Å². The molecule has 3 aromatic rings. The molecule has 0 unspecified atom stereocenters. The van der Waals surface area contributed by atoms with Crippen molar-refractivity contribution in [3.63, 3.8) is 0 Å². The molecule has 0 aliphatic heterocycles. The molecule has 1 heterocycles. The summed E-state index contributed by atoms with van der Waals surface area (Å²) in [7, 11) is 0. The molecule has 0 radical (unpaired) electrons. The van der Waals surface area contributed by atoms with Crippen molar-refractivity contribution < 1.29 is 26.3 Å². The third kappa shape index (κ3) is 6.65. The predicted molar refractivity (Wildman–Crippen MR) is 105 cm³/mol. The van der Waals surface area contributed by atoms with Crippen LogP contribution in [0.15, 0.2) is 91.3 Å². The van der Waals surface area contributed by atoms with E-state index < -0.39 is 0 Å². The van der Waals surface area contributed by atoms with E-state index in [-0.39, 0.29) is 22.9 Å². The van der Waals surface area contributed by atoms with Crippen molar-refractivity contribution in [2.45, 2.75) is 32.4 Å². The highest BCUT2D eigenvalue weighted by molar-refractivity contribution is 5.93. The topological polar surface area (TPSA) is 24.2 Å². The molecule has 0 saturated carbocycles. The molecule has 27 heavy (non-hydrogen) atoms. The van der Waals surface area contributed by atoms with Crippen LogP contribution in [0.1, 0.15) is 24.8 Å². The van der Waals surface area contributed by atoms with Crippen molar-refractivity contribution in [1.29, 1.82) is 0 Å². The Kier molecular flexibility index (Phi) is 8.72. The Morgan fingerprint density at radius 3 is 2.04 bits per heavy atom. The summed E-state index contributed by atoms with van der Waals surface area (Å²) < 4.78 is 2.16. The van der Waals surface area contributed by atoms with Gasteiger partial charge in [-0.05, 0) is 24.1 Å². The molecule has 140 valence electrons. The number of hydrogen-bond acceptors (Lipinski definition) is 1. The summed E-state index contributed by atoms with van der Waals surface area (Å²) >= 11 is 0. The zero-order chi connectivity index (χ0) is 18.0. The van der Waals surface area contributed by atoms with Crippen LogP contribution in [0.2, 0.25) is 0 Å². The minimum atomic E-state index is 0. The summed E-state index contributed by atoms with van der Waals surface area (Å²) in [5, 5.41) is 0. The van der Waals surface area contributed by atoms with Gasteiger partial charge >= 0.3 is 0 Å². The molecular formula is C23H25BrN2O.